The molecule has 0 spiro atoms. The zero-order valence-corrected chi connectivity index (χ0v) is 16.1. The summed E-state index contributed by atoms with van der Waals surface area (Å²) in [7, 11) is 0. The number of rotatable bonds is 2. The van der Waals surface area contributed by atoms with Crippen molar-refractivity contribution in [2.24, 2.45) is 0 Å². The third-order valence-corrected chi connectivity index (χ3v) is 5.73. The molecule has 0 aliphatic carbocycles. The third kappa shape index (κ3) is 3.88. The predicted octanol–water partition coefficient (Wildman–Crippen LogP) is 4.41. The molecule has 3 aromatic rings. The van der Waals surface area contributed by atoms with Crippen molar-refractivity contribution in [1.29, 1.82) is 0 Å². The number of aryl methyl sites for hydroxylation is 2. The lowest BCUT2D eigenvalue weighted by molar-refractivity contribution is 0.208. The highest BCUT2D eigenvalue weighted by atomic mass is 32.1. The number of urea groups is 1. The molecule has 1 aromatic heterocycles. The lowest BCUT2D eigenvalue weighted by Gasteiger charge is -2.34. The monoisotopic (exact) mass is 384 g/mol. The quantitative estimate of drug-likeness (QED) is 0.712. The van der Waals surface area contributed by atoms with Crippen LogP contribution in [0.15, 0.2) is 36.4 Å². The number of nitrogens with zero attached hydrogens (tertiary/aromatic N) is 3. The summed E-state index contributed by atoms with van der Waals surface area (Å²) < 4.78 is 14.2. The Morgan fingerprint density at radius 2 is 1.78 bits per heavy atom. The van der Waals surface area contributed by atoms with Gasteiger partial charge in [0.1, 0.15) is 5.82 Å². The number of benzene rings is 2. The molecule has 1 N–H and O–H groups in total. The van der Waals surface area contributed by atoms with E-state index in [0.29, 0.717) is 26.2 Å². The van der Waals surface area contributed by atoms with Crippen LogP contribution in [0.5, 0.6) is 0 Å². The summed E-state index contributed by atoms with van der Waals surface area (Å²) in [5.74, 6) is -0.245. The average molecular weight is 384 g/mol. The molecule has 2 heterocycles. The van der Waals surface area contributed by atoms with Crippen LogP contribution < -0.4 is 10.2 Å². The van der Waals surface area contributed by atoms with Gasteiger partial charge < -0.3 is 15.1 Å². The van der Waals surface area contributed by atoms with Gasteiger partial charge in [-0.3, -0.25) is 0 Å². The van der Waals surface area contributed by atoms with E-state index in [1.807, 2.05) is 30.9 Å². The Balaban J connectivity index is 1.39. The van der Waals surface area contributed by atoms with Gasteiger partial charge in [0.2, 0.25) is 0 Å². The Morgan fingerprint density at radius 3 is 2.48 bits per heavy atom. The van der Waals surface area contributed by atoms with Crippen molar-refractivity contribution in [1.82, 2.24) is 9.88 Å². The molecule has 1 aliphatic rings. The van der Waals surface area contributed by atoms with Crippen LogP contribution in [-0.4, -0.2) is 42.1 Å². The molecule has 0 radical (unpaired) electrons. The fourth-order valence-electron chi connectivity index (χ4n) is 3.37. The average Bonchev–Trinajstić information content (AvgIpc) is 3.04. The first-order valence-electron chi connectivity index (χ1n) is 8.93. The number of halogens is 1. The van der Waals surface area contributed by atoms with Gasteiger partial charge in [-0.15, -0.1) is 0 Å². The van der Waals surface area contributed by atoms with Crippen molar-refractivity contribution in [3.8, 4) is 0 Å². The maximum atomic E-state index is 13.4. The number of nitrogens with one attached hydrogen (secondary N) is 1. The number of hydrogen-bond acceptors (Lipinski definition) is 4. The fourth-order valence-corrected chi connectivity index (χ4v) is 4.41. The molecule has 1 fully saturated rings. The molecule has 140 valence electrons. The minimum Gasteiger partial charge on any atom is -0.345 e. The van der Waals surface area contributed by atoms with Gasteiger partial charge in [0.15, 0.2) is 5.13 Å². The van der Waals surface area contributed by atoms with Gasteiger partial charge in [-0.1, -0.05) is 17.4 Å². The van der Waals surface area contributed by atoms with Crippen LogP contribution in [0.25, 0.3) is 10.2 Å². The Labute approximate surface area is 161 Å². The Hall–Kier alpha value is -2.67. The number of thiazole rings is 1. The SMILES string of the molecule is Cc1cc(C)cc(NC(=O)N2CCN(c3nc4ccc(F)cc4s3)CC2)c1. The number of aromatic nitrogens is 1. The Bertz CT molecular complexity index is 975. The second-order valence-corrected chi connectivity index (χ2v) is 7.90. The number of carbonyl (C=O) groups is 1. The van der Waals surface area contributed by atoms with E-state index >= 15 is 0 Å². The summed E-state index contributed by atoms with van der Waals surface area (Å²) in [6.07, 6.45) is 0. The predicted molar refractivity (Wildman–Crippen MR) is 108 cm³/mol. The summed E-state index contributed by atoms with van der Waals surface area (Å²) in [5, 5.41) is 3.87. The third-order valence-electron chi connectivity index (χ3n) is 4.65. The first kappa shape index (κ1) is 17.7. The van der Waals surface area contributed by atoms with E-state index in [1.54, 1.807) is 6.07 Å². The first-order valence-corrected chi connectivity index (χ1v) is 9.75. The Morgan fingerprint density at radius 1 is 1.07 bits per heavy atom. The number of amides is 2. The van der Waals surface area contributed by atoms with Crippen LogP contribution in [0.2, 0.25) is 0 Å². The number of hydrogen-bond donors (Lipinski definition) is 1. The molecule has 0 atom stereocenters. The molecule has 0 unspecified atom stereocenters. The molecule has 7 heteroatoms. The highest BCUT2D eigenvalue weighted by Crippen LogP contribution is 2.30. The number of anilines is 2. The lowest BCUT2D eigenvalue weighted by atomic mass is 10.1. The van der Waals surface area contributed by atoms with Gasteiger partial charge in [0.25, 0.3) is 0 Å². The molecule has 0 bridgehead atoms. The van der Waals surface area contributed by atoms with Crippen molar-refractivity contribution >= 4 is 38.4 Å². The highest BCUT2D eigenvalue weighted by molar-refractivity contribution is 7.22. The van der Waals surface area contributed by atoms with Crippen LogP contribution in [0.4, 0.5) is 20.0 Å². The van der Waals surface area contributed by atoms with E-state index in [9.17, 15) is 9.18 Å². The minimum absolute atomic E-state index is 0.0778. The number of carbonyl (C=O) groups excluding carboxylic acids is 1. The van der Waals surface area contributed by atoms with Crippen molar-refractivity contribution in [2.75, 3.05) is 36.4 Å². The van der Waals surface area contributed by atoms with E-state index in [0.717, 1.165) is 32.2 Å². The van der Waals surface area contributed by atoms with Crippen molar-refractivity contribution < 1.29 is 9.18 Å². The normalized spacial score (nSPS) is 14.6. The van der Waals surface area contributed by atoms with Crippen molar-refractivity contribution in [2.45, 2.75) is 13.8 Å². The van der Waals surface area contributed by atoms with Crippen LogP contribution in [-0.2, 0) is 0 Å². The van der Waals surface area contributed by atoms with Gasteiger partial charge in [-0.2, -0.15) is 0 Å². The van der Waals surface area contributed by atoms with E-state index in [4.69, 9.17) is 0 Å². The molecule has 0 saturated carbocycles. The van der Waals surface area contributed by atoms with Gasteiger partial charge in [-0.05, 0) is 55.3 Å². The van der Waals surface area contributed by atoms with Gasteiger partial charge in [-0.25, -0.2) is 14.2 Å². The second kappa shape index (κ2) is 7.15. The molecule has 27 heavy (non-hydrogen) atoms. The molecular formula is C20H21FN4OS. The van der Waals surface area contributed by atoms with E-state index in [2.05, 4.69) is 21.3 Å². The summed E-state index contributed by atoms with van der Waals surface area (Å²) in [4.78, 5) is 21.1. The largest absolute Gasteiger partial charge is 0.345 e. The van der Waals surface area contributed by atoms with Gasteiger partial charge >= 0.3 is 6.03 Å². The summed E-state index contributed by atoms with van der Waals surface area (Å²) in [6, 6.07) is 10.6. The molecule has 2 amide bonds. The highest BCUT2D eigenvalue weighted by Gasteiger charge is 2.23. The summed E-state index contributed by atoms with van der Waals surface area (Å²) in [5.41, 5.74) is 3.89. The maximum Gasteiger partial charge on any atom is 0.321 e. The van der Waals surface area contributed by atoms with E-state index in [1.165, 1.54) is 23.5 Å². The van der Waals surface area contributed by atoms with Crippen molar-refractivity contribution in [3.05, 3.63) is 53.3 Å². The maximum absolute atomic E-state index is 13.4. The molecule has 4 rings (SSSR count). The van der Waals surface area contributed by atoms with E-state index < -0.39 is 0 Å². The fraction of sp³-hybridized carbons (Fsp3) is 0.300. The molecule has 5 nitrogen and oxygen atoms in total. The second-order valence-electron chi connectivity index (χ2n) is 6.89. The molecule has 2 aromatic carbocycles. The van der Waals surface area contributed by atoms with Crippen LogP contribution >= 0.6 is 11.3 Å². The van der Waals surface area contributed by atoms with Gasteiger partial charge in [0, 0.05) is 31.9 Å². The van der Waals surface area contributed by atoms with Gasteiger partial charge in [0.05, 0.1) is 10.2 Å². The summed E-state index contributed by atoms with van der Waals surface area (Å²) in [6.45, 7) is 6.71. The standard InChI is InChI=1S/C20H21FN4OS/c1-13-9-14(2)11-16(10-13)22-19(26)24-5-7-25(8-6-24)20-23-17-4-3-15(21)12-18(17)27-20/h3-4,9-12H,5-8H2,1-2H3,(H,22,26). The molecule has 1 aliphatic heterocycles. The number of fused-ring (bicyclic) bond motifs is 1. The zero-order valence-electron chi connectivity index (χ0n) is 15.3. The number of piperazine rings is 1. The van der Waals surface area contributed by atoms with Crippen LogP contribution in [0.3, 0.4) is 0 Å². The molecule has 1 saturated heterocycles. The zero-order chi connectivity index (χ0) is 19.0. The van der Waals surface area contributed by atoms with E-state index in [-0.39, 0.29) is 11.8 Å². The lowest BCUT2D eigenvalue weighted by Crippen LogP contribution is -2.50. The smallest absolute Gasteiger partial charge is 0.321 e. The Kier molecular flexibility index (Phi) is 4.70. The van der Waals surface area contributed by atoms with Crippen LogP contribution in [0.1, 0.15) is 11.1 Å². The van der Waals surface area contributed by atoms with Crippen LogP contribution in [0, 0.1) is 19.7 Å². The minimum atomic E-state index is -0.245. The molecular weight excluding hydrogens is 363 g/mol. The first-order chi connectivity index (χ1) is 13.0. The van der Waals surface area contributed by atoms with Crippen molar-refractivity contribution in [3.63, 3.8) is 0 Å². The summed E-state index contributed by atoms with van der Waals surface area (Å²) >= 11 is 1.49. The topological polar surface area (TPSA) is 48.5 Å².